The van der Waals surface area contributed by atoms with Crippen LogP contribution in [-0.4, -0.2) is 35.4 Å². The maximum Gasteiger partial charge on any atom is 0.331 e. The van der Waals surface area contributed by atoms with Gasteiger partial charge in [0.2, 0.25) is 5.89 Å². The fourth-order valence-corrected chi connectivity index (χ4v) is 3.69. The molecule has 2 aromatic carbocycles. The number of para-hydroxylation sites is 2. The third kappa shape index (κ3) is 4.21. The van der Waals surface area contributed by atoms with Gasteiger partial charge in [-0.1, -0.05) is 36.4 Å². The molecule has 4 rings (SSSR count). The Labute approximate surface area is 168 Å². The number of amides is 1. The fourth-order valence-electron chi connectivity index (χ4n) is 3.69. The van der Waals surface area contributed by atoms with Crippen molar-refractivity contribution in [2.45, 2.75) is 25.3 Å². The van der Waals surface area contributed by atoms with E-state index in [4.69, 9.17) is 9.15 Å². The molecule has 0 bridgehead atoms. The third-order valence-electron chi connectivity index (χ3n) is 5.21. The number of aromatic nitrogens is 1. The van der Waals surface area contributed by atoms with Crippen molar-refractivity contribution in [1.29, 1.82) is 0 Å². The van der Waals surface area contributed by atoms with Crippen LogP contribution in [0.1, 0.15) is 35.9 Å². The average Bonchev–Trinajstić information content (AvgIpc) is 3.18. The monoisotopic (exact) mass is 390 g/mol. The normalized spacial score (nSPS) is 16.0. The summed E-state index contributed by atoms with van der Waals surface area (Å²) in [4.78, 5) is 30.5. The van der Waals surface area contributed by atoms with Crippen molar-refractivity contribution >= 4 is 29.1 Å². The van der Waals surface area contributed by atoms with Crippen molar-refractivity contribution in [2.75, 3.05) is 13.7 Å². The number of hydrogen-bond acceptors (Lipinski definition) is 5. The number of likely N-dealkylation sites (N-methyl/N-ethyl adjacent to an activating group) is 1. The van der Waals surface area contributed by atoms with Gasteiger partial charge in [0.15, 0.2) is 12.2 Å². The number of hydrogen-bond donors (Lipinski definition) is 0. The Morgan fingerprint density at radius 2 is 2.00 bits per heavy atom. The molecule has 1 heterocycles. The first-order valence-electron chi connectivity index (χ1n) is 9.65. The van der Waals surface area contributed by atoms with E-state index in [9.17, 15) is 9.59 Å². The lowest BCUT2D eigenvalue weighted by atomic mass is 9.87. The lowest BCUT2D eigenvalue weighted by Gasteiger charge is -2.33. The van der Waals surface area contributed by atoms with E-state index in [0.29, 0.717) is 17.0 Å². The Balaban J connectivity index is 1.34. The number of benzene rings is 2. The summed E-state index contributed by atoms with van der Waals surface area (Å²) in [6, 6.07) is 15.5. The van der Waals surface area contributed by atoms with E-state index in [0.717, 1.165) is 19.3 Å². The number of aryl methyl sites for hydroxylation is 1. The number of esters is 1. The molecule has 6 nitrogen and oxygen atoms in total. The summed E-state index contributed by atoms with van der Waals surface area (Å²) in [5, 5.41) is 0. The molecule has 0 saturated heterocycles. The minimum atomic E-state index is -0.613. The van der Waals surface area contributed by atoms with Crippen LogP contribution in [-0.2, 0) is 20.7 Å². The second-order valence-electron chi connectivity index (χ2n) is 7.07. The zero-order valence-corrected chi connectivity index (χ0v) is 16.2. The van der Waals surface area contributed by atoms with E-state index in [1.807, 2.05) is 30.3 Å². The first-order chi connectivity index (χ1) is 14.1. The molecule has 29 heavy (non-hydrogen) atoms. The summed E-state index contributed by atoms with van der Waals surface area (Å²) in [7, 11) is 1.76. The summed E-state index contributed by atoms with van der Waals surface area (Å²) in [6.45, 7) is -0.300. The van der Waals surface area contributed by atoms with Gasteiger partial charge in [-0.3, -0.25) is 4.79 Å². The zero-order chi connectivity index (χ0) is 20.2. The molecule has 0 radical (unpaired) electrons. The lowest BCUT2D eigenvalue weighted by molar-refractivity contribution is -0.148. The molecule has 1 amide bonds. The van der Waals surface area contributed by atoms with Crippen LogP contribution in [0.3, 0.4) is 0 Å². The molecule has 0 spiro atoms. The number of rotatable bonds is 5. The predicted molar refractivity (Wildman–Crippen MR) is 109 cm³/mol. The van der Waals surface area contributed by atoms with Crippen LogP contribution in [0.2, 0.25) is 0 Å². The molecule has 3 aromatic rings. The molecule has 6 heteroatoms. The Kier molecular flexibility index (Phi) is 5.42. The van der Waals surface area contributed by atoms with Crippen molar-refractivity contribution in [2.24, 2.45) is 0 Å². The van der Waals surface area contributed by atoms with Crippen LogP contribution in [0.4, 0.5) is 0 Å². The molecule has 0 saturated carbocycles. The van der Waals surface area contributed by atoms with E-state index in [1.54, 1.807) is 18.0 Å². The summed E-state index contributed by atoms with van der Waals surface area (Å²) in [6.07, 6.45) is 5.63. The quantitative estimate of drug-likeness (QED) is 0.488. The van der Waals surface area contributed by atoms with Crippen molar-refractivity contribution in [3.8, 4) is 0 Å². The van der Waals surface area contributed by atoms with E-state index in [-0.39, 0.29) is 18.6 Å². The van der Waals surface area contributed by atoms with E-state index in [1.165, 1.54) is 23.3 Å². The molecule has 0 unspecified atom stereocenters. The van der Waals surface area contributed by atoms with Gasteiger partial charge in [0.25, 0.3) is 5.91 Å². The number of carbonyl (C=O) groups excluding carboxylic acids is 2. The van der Waals surface area contributed by atoms with Crippen LogP contribution in [0.15, 0.2) is 59.0 Å². The van der Waals surface area contributed by atoms with Crippen LogP contribution >= 0.6 is 0 Å². The van der Waals surface area contributed by atoms with E-state index in [2.05, 4.69) is 17.1 Å². The average molecular weight is 390 g/mol. The molecule has 0 fully saturated rings. The van der Waals surface area contributed by atoms with E-state index >= 15 is 0 Å². The molecular weight excluding hydrogens is 368 g/mol. The summed E-state index contributed by atoms with van der Waals surface area (Å²) in [5.41, 5.74) is 3.81. The number of oxazole rings is 1. The predicted octanol–water partition coefficient (Wildman–Crippen LogP) is 3.92. The SMILES string of the molecule is CN(C(=O)COC(=O)/C=C/c1nc2ccccc2o1)[C@H]1CCCc2ccccc21. The lowest BCUT2D eigenvalue weighted by Crippen LogP contribution is -2.36. The molecule has 1 atom stereocenters. The highest BCUT2D eigenvalue weighted by Crippen LogP contribution is 2.33. The second-order valence-corrected chi connectivity index (χ2v) is 7.07. The fraction of sp³-hybridized carbons (Fsp3) is 0.261. The van der Waals surface area contributed by atoms with Crippen LogP contribution in [0, 0.1) is 0 Å². The first-order valence-corrected chi connectivity index (χ1v) is 9.65. The topological polar surface area (TPSA) is 72.6 Å². The molecule has 1 aliphatic carbocycles. The highest BCUT2D eigenvalue weighted by atomic mass is 16.5. The zero-order valence-electron chi connectivity index (χ0n) is 16.2. The van der Waals surface area contributed by atoms with Gasteiger partial charge < -0.3 is 14.1 Å². The summed E-state index contributed by atoms with van der Waals surface area (Å²) in [5.74, 6) is -0.529. The van der Waals surface area contributed by atoms with Crippen molar-refractivity contribution in [3.05, 3.63) is 71.6 Å². The van der Waals surface area contributed by atoms with Gasteiger partial charge in [0.1, 0.15) is 5.52 Å². The van der Waals surface area contributed by atoms with Gasteiger partial charge in [0.05, 0.1) is 6.04 Å². The van der Waals surface area contributed by atoms with Gasteiger partial charge in [-0.05, 0) is 42.5 Å². The van der Waals surface area contributed by atoms with E-state index < -0.39 is 5.97 Å². The largest absolute Gasteiger partial charge is 0.452 e. The minimum Gasteiger partial charge on any atom is -0.452 e. The molecular formula is C23H22N2O4. The number of carbonyl (C=O) groups is 2. The molecule has 148 valence electrons. The van der Waals surface area contributed by atoms with Crippen LogP contribution in [0.5, 0.6) is 0 Å². The Hall–Kier alpha value is -3.41. The number of nitrogens with zero attached hydrogens (tertiary/aromatic N) is 2. The Bertz CT molecular complexity index is 1040. The maximum absolute atomic E-state index is 12.5. The minimum absolute atomic E-state index is 0.0152. The van der Waals surface area contributed by atoms with Gasteiger partial charge in [-0.25, -0.2) is 9.78 Å². The van der Waals surface area contributed by atoms with Gasteiger partial charge >= 0.3 is 5.97 Å². The first kappa shape index (κ1) is 18.9. The standard InChI is InChI=1S/C23H22N2O4/c1-25(19-11-6-8-16-7-2-3-9-17(16)19)22(26)15-28-23(27)14-13-21-24-18-10-4-5-12-20(18)29-21/h2-5,7,9-10,12-14,19H,6,8,11,15H2,1H3/b14-13+/t19-/m0/s1. The smallest absolute Gasteiger partial charge is 0.331 e. The molecule has 1 aromatic heterocycles. The maximum atomic E-state index is 12.5. The highest BCUT2D eigenvalue weighted by Gasteiger charge is 2.26. The van der Waals surface area contributed by atoms with Gasteiger partial charge in [0, 0.05) is 19.2 Å². The Morgan fingerprint density at radius 3 is 2.86 bits per heavy atom. The van der Waals surface area contributed by atoms with Crippen molar-refractivity contribution in [3.63, 3.8) is 0 Å². The van der Waals surface area contributed by atoms with Crippen molar-refractivity contribution in [1.82, 2.24) is 9.88 Å². The number of fused-ring (bicyclic) bond motifs is 2. The highest BCUT2D eigenvalue weighted by molar-refractivity contribution is 5.89. The van der Waals surface area contributed by atoms with Gasteiger partial charge in [-0.2, -0.15) is 0 Å². The molecule has 0 N–H and O–H groups in total. The molecule has 0 aliphatic heterocycles. The summed E-state index contributed by atoms with van der Waals surface area (Å²) < 4.78 is 10.6. The molecule has 1 aliphatic rings. The number of ether oxygens (including phenoxy) is 1. The van der Waals surface area contributed by atoms with Crippen LogP contribution < -0.4 is 0 Å². The third-order valence-corrected chi connectivity index (χ3v) is 5.21. The Morgan fingerprint density at radius 1 is 1.21 bits per heavy atom. The summed E-state index contributed by atoms with van der Waals surface area (Å²) >= 11 is 0. The second kappa shape index (κ2) is 8.31. The van der Waals surface area contributed by atoms with Crippen LogP contribution in [0.25, 0.3) is 17.2 Å². The van der Waals surface area contributed by atoms with Gasteiger partial charge in [-0.15, -0.1) is 0 Å². The van der Waals surface area contributed by atoms with Crippen molar-refractivity contribution < 1.29 is 18.7 Å².